The number of guanidine groups is 1. The number of hydrogen-bond donors (Lipinski definition) is 7. The Bertz CT molecular complexity index is 3360. The zero-order valence-corrected chi connectivity index (χ0v) is 44.3. The van der Waals surface area contributed by atoms with E-state index in [-0.39, 0.29) is 70.8 Å². The second kappa shape index (κ2) is 24.3. The first-order valence-corrected chi connectivity index (χ1v) is 26.5. The normalized spacial score (nSPS) is 15.5. The van der Waals surface area contributed by atoms with Gasteiger partial charge >= 0.3 is 5.97 Å². The highest BCUT2D eigenvalue weighted by Gasteiger charge is 2.36. The number of phenols is 1. The van der Waals surface area contributed by atoms with Crippen LogP contribution in [0.2, 0.25) is 0 Å². The molecule has 5 aromatic rings. The number of carboxylic acid groups (broad SMARTS) is 1. The second-order valence-corrected chi connectivity index (χ2v) is 19.9. The monoisotopic (exact) mass is 1080 g/mol. The van der Waals surface area contributed by atoms with Gasteiger partial charge in [-0.1, -0.05) is 36.8 Å². The van der Waals surface area contributed by atoms with Crippen LogP contribution in [0.25, 0.3) is 33.4 Å². The number of anilines is 4. The number of carboxylic acids is 1. The molecule has 0 bridgehead atoms. The standard InChI is InChI=1S/C53H66N18O8/c1-4-31(2)45(70-29-35(63-64-70)9-7-17-57-50(55)56)47(75)66-18-22-68(23-19-66)52-59-51(60-53(61-52)69-24-20-67(21-25-69)48(76)46(32(3)72)71-30-34(62-65-71)8-5-6-16-54)58-33-10-13-38(41(26-33)49(77)78)44-39-14-11-36(73)27-42(39)79-43-28-37(74)12-15-40(43)44/h10-15,26-32,45-46,72-73H,4-9,16-25,54H2,1-3H3,(H,77,78)(H4,55,56,57)(H,58,59,60,61)/t31-,32+,45-,46-/m0/s1. The lowest BCUT2D eigenvalue weighted by molar-refractivity contribution is -0.139. The summed E-state index contributed by atoms with van der Waals surface area (Å²) < 4.78 is 9.10. The van der Waals surface area contributed by atoms with Crippen molar-refractivity contribution in [3.05, 3.63) is 94.2 Å². The Morgan fingerprint density at radius 2 is 1.37 bits per heavy atom. The molecular weight excluding hydrogens is 1020 g/mol. The van der Waals surface area contributed by atoms with Gasteiger partial charge in [-0.25, -0.2) is 14.2 Å². The number of hydrogen-bond acceptors (Lipinski definition) is 19. The highest BCUT2D eigenvalue weighted by atomic mass is 16.4. The van der Waals surface area contributed by atoms with Crippen LogP contribution in [0.15, 0.2) is 81.2 Å². The number of aliphatic hydroxyl groups is 1. The van der Waals surface area contributed by atoms with Gasteiger partial charge in [0.25, 0.3) is 0 Å². The lowest BCUT2D eigenvalue weighted by atomic mass is 9.90. The third kappa shape index (κ3) is 12.5. The van der Waals surface area contributed by atoms with E-state index in [9.17, 15) is 34.5 Å². The van der Waals surface area contributed by atoms with Crippen LogP contribution in [-0.2, 0) is 22.4 Å². The number of benzene rings is 3. The number of phenolic OH excluding ortho intramolecular Hbond substituents is 1. The molecule has 0 saturated carbocycles. The van der Waals surface area contributed by atoms with Crippen molar-refractivity contribution in [3.8, 4) is 28.2 Å². The molecular formula is C53H66N18O8. The van der Waals surface area contributed by atoms with Gasteiger partial charge in [0.1, 0.15) is 23.1 Å². The number of aliphatic hydroxyl groups excluding tert-OH is 1. The number of fused-ring (bicyclic) bond motifs is 2. The molecule has 2 fully saturated rings. The molecule has 26 nitrogen and oxygen atoms in total. The second-order valence-electron chi connectivity index (χ2n) is 19.9. The number of rotatable bonds is 21. The highest BCUT2D eigenvalue weighted by Crippen LogP contribution is 2.43. The Kier molecular flexibility index (Phi) is 16.9. The number of aromatic hydroxyl groups is 1. The first kappa shape index (κ1) is 55.0. The number of nitrogens with zero attached hydrogens (tertiary/aromatic N) is 14. The number of amides is 2. The van der Waals surface area contributed by atoms with Crippen LogP contribution in [0.1, 0.15) is 80.3 Å². The summed E-state index contributed by atoms with van der Waals surface area (Å²) in [4.78, 5) is 80.3. The Labute approximate surface area is 454 Å². The van der Waals surface area contributed by atoms with Crippen LogP contribution in [-0.4, -0.2) is 165 Å². The molecule has 2 aromatic carbocycles. The summed E-state index contributed by atoms with van der Waals surface area (Å²) in [5.41, 5.74) is 19.6. The van der Waals surface area contributed by atoms with E-state index in [2.05, 4.69) is 30.9 Å². The topological polar surface area (TPSA) is 358 Å². The number of aromatic nitrogens is 9. The summed E-state index contributed by atoms with van der Waals surface area (Å²) in [7, 11) is 0. The van der Waals surface area contributed by atoms with Crippen LogP contribution >= 0.6 is 0 Å². The molecule has 3 aliphatic heterocycles. The summed E-state index contributed by atoms with van der Waals surface area (Å²) in [6, 6.07) is 12.0. The number of carbonyl (C=O) groups excluding carboxylic acids is 2. The minimum atomic E-state index is -1.24. The van der Waals surface area contributed by atoms with Crippen LogP contribution < -0.4 is 37.7 Å². The van der Waals surface area contributed by atoms with Gasteiger partial charge in [-0.15, -0.1) is 10.2 Å². The molecule has 416 valence electrons. The van der Waals surface area contributed by atoms with Crippen LogP contribution in [0, 0.1) is 5.92 Å². The van der Waals surface area contributed by atoms with E-state index in [1.807, 2.05) is 34.7 Å². The Balaban J connectivity index is 0.986. The van der Waals surface area contributed by atoms with Crippen LogP contribution in [0.5, 0.6) is 5.75 Å². The van der Waals surface area contributed by atoms with Crippen molar-refractivity contribution < 1.29 is 34.1 Å². The number of carbonyl (C=O) groups is 3. The maximum atomic E-state index is 14.4. The lowest BCUT2D eigenvalue weighted by Crippen LogP contribution is -2.53. The summed E-state index contributed by atoms with van der Waals surface area (Å²) in [6.45, 7) is 9.19. The van der Waals surface area contributed by atoms with E-state index in [4.69, 9.17) is 36.6 Å². The van der Waals surface area contributed by atoms with Crippen molar-refractivity contribution in [2.24, 2.45) is 28.1 Å². The molecule has 4 atom stereocenters. The number of unbranched alkanes of at least 4 members (excludes halogenated alkanes) is 1. The molecule has 6 heterocycles. The van der Waals surface area contributed by atoms with Gasteiger partial charge in [0, 0.05) is 106 Å². The van der Waals surface area contributed by atoms with Gasteiger partial charge in [-0.05, 0) is 93.5 Å². The summed E-state index contributed by atoms with van der Waals surface area (Å²) in [5, 5.41) is 52.9. The number of nitrogens with one attached hydrogen (secondary N) is 1. The first-order valence-electron chi connectivity index (χ1n) is 26.5. The summed E-state index contributed by atoms with van der Waals surface area (Å²) in [5.74, 6) is -0.809. The maximum Gasteiger partial charge on any atom is 0.336 e. The Hall–Kier alpha value is -8.78. The van der Waals surface area contributed by atoms with Gasteiger partial charge in [-0.2, -0.15) is 15.0 Å². The zero-order chi connectivity index (χ0) is 55.9. The van der Waals surface area contributed by atoms with Gasteiger partial charge in [0.15, 0.2) is 17.4 Å². The van der Waals surface area contributed by atoms with Crippen molar-refractivity contribution in [3.63, 3.8) is 0 Å². The van der Waals surface area contributed by atoms with Crippen LogP contribution in [0.4, 0.5) is 23.5 Å². The van der Waals surface area contributed by atoms with Gasteiger partial charge in [-0.3, -0.25) is 19.4 Å². The fourth-order valence-electron chi connectivity index (χ4n) is 10.0. The minimum Gasteiger partial charge on any atom is -0.508 e. The van der Waals surface area contributed by atoms with E-state index in [0.29, 0.717) is 117 Å². The molecule has 2 saturated heterocycles. The maximum absolute atomic E-state index is 14.4. The first-order chi connectivity index (χ1) is 38.1. The van der Waals surface area contributed by atoms with Gasteiger partial charge < -0.3 is 61.9 Å². The van der Waals surface area contributed by atoms with E-state index in [1.165, 1.54) is 35.0 Å². The van der Waals surface area contributed by atoms with Crippen molar-refractivity contribution in [1.82, 2.24) is 54.7 Å². The molecule has 0 unspecified atom stereocenters. The molecule has 9 rings (SSSR count). The van der Waals surface area contributed by atoms with Gasteiger partial charge in [0.2, 0.25) is 29.7 Å². The molecule has 0 radical (unpaired) electrons. The fraction of sp³-hybridized carbons (Fsp3) is 0.434. The van der Waals surface area contributed by atoms with Crippen molar-refractivity contribution in [2.75, 3.05) is 80.6 Å². The van der Waals surface area contributed by atoms with E-state index in [1.54, 1.807) is 47.0 Å². The number of aromatic carboxylic acids is 1. The SMILES string of the molecule is CC[C@H](C)[C@@H](C(=O)N1CCN(c2nc(Nc3ccc(-c4c5ccc(=O)cc-5oc5cc(O)ccc45)c(C(=O)O)c3)nc(N3CCN(C(=O)[C@H]([C@@H](C)O)n4cc(CCCCN)nn4)CC3)n2)CC1)n1cc(CCCN=C(N)N)nn1. The number of aliphatic imine (C=N–C) groups is 1. The average Bonchev–Trinajstić information content (AvgIpc) is 4.14. The molecule has 2 amide bonds. The van der Waals surface area contributed by atoms with Crippen molar-refractivity contribution >= 4 is 58.2 Å². The Morgan fingerprint density at radius 1 is 0.759 bits per heavy atom. The minimum absolute atomic E-state index is 0.0227. The van der Waals surface area contributed by atoms with E-state index in [0.717, 1.165) is 25.0 Å². The zero-order valence-electron chi connectivity index (χ0n) is 44.3. The molecule has 10 N–H and O–H groups in total. The summed E-state index contributed by atoms with van der Waals surface area (Å²) in [6.07, 6.45) is 6.71. The third-order valence-corrected chi connectivity index (χ3v) is 14.4. The predicted molar refractivity (Wildman–Crippen MR) is 294 cm³/mol. The highest BCUT2D eigenvalue weighted by molar-refractivity contribution is 6.08. The van der Waals surface area contributed by atoms with Crippen LogP contribution in [0.3, 0.4) is 0 Å². The molecule has 79 heavy (non-hydrogen) atoms. The Morgan fingerprint density at radius 3 is 1.96 bits per heavy atom. The molecule has 0 spiro atoms. The smallest absolute Gasteiger partial charge is 0.336 e. The average molecular weight is 1080 g/mol. The van der Waals surface area contributed by atoms with E-state index < -0.39 is 24.2 Å². The van der Waals surface area contributed by atoms with Gasteiger partial charge in [0.05, 0.1) is 23.1 Å². The molecule has 1 aliphatic carbocycles. The summed E-state index contributed by atoms with van der Waals surface area (Å²) >= 11 is 0. The third-order valence-electron chi connectivity index (χ3n) is 14.4. The number of aryl methyl sites for hydroxylation is 2. The molecule has 4 aliphatic rings. The lowest BCUT2D eigenvalue weighted by Gasteiger charge is -2.38. The quantitative estimate of drug-likeness (QED) is 0.0235. The molecule has 3 aromatic heterocycles. The largest absolute Gasteiger partial charge is 0.508 e. The van der Waals surface area contributed by atoms with E-state index >= 15 is 0 Å². The fourth-order valence-corrected chi connectivity index (χ4v) is 10.0. The van der Waals surface area contributed by atoms with Crippen molar-refractivity contribution in [2.45, 2.75) is 77.5 Å². The number of piperazine rings is 2. The number of nitrogens with two attached hydrogens (primary N) is 3. The predicted octanol–water partition coefficient (Wildman–Crippen LogP) is 2.77. The van der Waals surface area contributed by atoms with Crippen molar-refractivity contribution in [1.29, 1.82) is 0 Å². The molecule has 26 heteroatoms.